The fraction of sp³-hybridized carbons (Fsp3) is 0.438. The Bertz CT molecular complexity index is 1750. The summed E-state index contributed by atoms with van der Waals surface area (Å²) in [6.07, 6.45) is 12.6. The number of anilines is 1. The molecule has 2 bridgehead atoms. The molecule has 9 heteroatoms. The molecule has 9 nitrogen and oxygen atoms in total. The molecule has 3 fully saturated rings. The zero-order chi connectivity index (χ0) is 27.7. The van der Waals surface area contributed by atoms with Crippen LogP contribution < -0.4 is 4.90 Å². The molecule has 1 aliphatic carbocycles. The van der Waals surface area contributed by atoms with Crippen LogP contribution in [0.2, 0.25) is 0 Å². The van der Waals surface area contributed by atoms with Crippen LogP contribution in [0.25, 0.3) is 38.9 Å². The van der Waals surface area contributed by atoms with Crippen LogP contribution in [0.3, 0.4) is 0 Å². The molecular formula is C32H36N8O. The summed E-state index contributed by atoms with van der Waals surface area (Å²) in [5.74, 6) is 0. The second kappa shape index (κ2) is 9.63. The Hall–Kier alpha value is -3.82. The largest absolute Gasteiger partial charge is 0.393 e. The van der Waals surface area contributed by atoms with Crippen molar-refractivity contribution in [1.29, 1.82) is 0 Å². The Kier molecular flexibility index (Phi) is 5.86. The fourth-order valence-electron chi connectivity index (χ4n) is 7.47. The predicted octanol–water partition coefficient (Wildman–Crippen LogP) is 4.88. The van der Waals surface area contributed by atoms with E-state index >= 15 is 0 Å². The van der Waals surface area contributed by atoms with Gasteiger partial charge in [-0.25, -0.2) is 9.50 Å². The van der Waals surface area contributed by atoms with Crippen LogP contribution in [-0.4, -0.2) is 77.2 Å². The minimum atomic E-state index is -0.170. The van der Waals surface area contributed by atoms with Gasteiger partial charge in [0, 0.05) is 65.3 Å². The first-order valence-electron chi connectivity index (χ1n) is 15.0. The van der Waals surface area contributed by atoms with E-state index in [-0.39, 0.29) is 6.10 Å². The van der Waals surface area contributed by atoms with Crippen molar-refractivity contribution in [3.8, 4) is 22.4 Å². The average molecular weight is 549 g/mol. The number of imidazole rings is 1. The summed E-state index contributed by atoms with van der Waals surface area (Å²) < 4.78 is 4.01. The highest BCUT2D eigenvalue weighted by molar-refractivity contribution is 5.95. The third-order valence-electron chi connectivity index (χ3n) is 9.72. The molecule has 1 aromatic carbocycles. The zero-order valence-electron chi connectivity index (χ0n) is 23.7. The van der Waals surface area contributed by atoms with Gasteiger partial charge in [-0.05, 0) is 69.8 Å². The van der Waals surface area contributed by atoms with Gasteiger partial charge in [0.05, 0.1) is 41.4 Å². The Morgan fingerprint density at radius 3 is 2.61 bits per heavy atom. The summed E-state index contributed by atoms with van der Waals surface area (Å²) >= 11 is 0. The van der Waals surface area contributed by atoms with E-state index in [0.717, 1.165) is 89.9 Å². The molecule has 0 unspecified atom stereocenters. The summed E-state index contributed by atoms with van der Waals surface area (Å²) in [5.41, 5.74) is 8.15. The standard InChI is InChI=1S/C32H36N8O/c1-3-37-18-25-12-24(37)19-38(25)23-6-9-27-28(10-11-33-30(27)13-23)31-16-34-32-14-29(20(2)36-40(31)32)21-15-35-39(17-21)22-4-7-26(41)8-5-22/h6,9-11,13-17,22,24-26,41H,3-5,7-8,12,18-19H2,1-2H3/t22?,24-,25-,26?/m0/s1. The summed E-state index contributed by atoms with van der Waals surface area (Å²) in [6, 6.07) is 12.5. The molecular weight excluding hydrogens is 512 g/mol. The van der Waals surface area contributed by atoms with Crippen molar-refractivity contribution in [2.45, 2.75) is 70.2 Å². The van der Waals surface area contributed by atoms with E-state index in [1.165, 1.54) is 12.1 Å². The van der Waals surface area contributed by atoms with Crippen LogP contribution in [0, 0.1) is 6.92 Å². The predicted molar refractivity (Wildman–Crippen MR) is 160 cm³/mol. The zero-order valence-corrected chi connectivity index (χ0v) is 23.7. The first-order chi connectivity index (χ1) is 20.1. The lowest BCUT2D eigenvalue weighted by molar-refractivity contribution is 0.108. The van der Waals surface area contributed by atoms with E-state index in [1.807, 2.05) is 30.0 Å². The maximum absolute atomic E-state index is 9.88. The summed E-state index contributed by atoms with van der Waals surface area (Å²) in [4.78, 5) is 14.7. The van der Waals surface area contributed by atoms with Gasteiger partial charge in [0.2, 0.25) is 0 Å². The van der Waals surface area contributed by atoms with E-state index in [9.17, 15) is 5.11 Å². The number of piperazine rings is 1. The fourth-order valence-corrected chi connectivity index (χ4v) is 7.47. The number of likely N-dealkylation sites (N-methyl/N-ethyl adjacent to an activating group) is 1. The van der Waals surface area contributed by atoms with E-state index in [1.54, 1.807) is 0 Å². The van der Waals surface area contributed by atoms with E-state index in [0.29, 0.717) is 18.1 Å². The van der Waals surface area contributed by atoms with Gasteiger partial charge in [-0.1, -0.05) is 13.0 Å². The molecule has 2 aliphatic heterocycles. The van der Waals surface area contributed by atoms with Crippen molar-refractivity contribution < 1.29 is 5.11 Å². The molecule has 4 aromatic heterocycles. The number of pyridine rings is 1. The van der Waals surface area contributed by atoms with Crippen molar-refractivity contribution in [2.75, 3.05) is 24.5 Å². The third kappa shape index (κ3) is 4.13. The number of hydrogen-bond donors (Lipinski definition) is 1. The van der Waals surface area contributed by atoms with Crippen molar-refractivity contribution in [3.63, 3.8) is 0 Å². The van der Waals surface area contributed by atoms with Crippen LogP contribution in [0.1, 0.15) is 50.8 Å². The number of aliphatic hydroxyl groups excluding tert-OH is 1. The van der Waals surface area contributed by atoms with Gasteiger partial charge in [-0.15, -0.1) is 0 Å². The summed E-state index contributed by atoms with van der Waals surface area (Å²) in [6.45, 7) is 7.72. The normalized spacial score (nSPS) is 24.7. The van der Waals surface area contributed by atoms with Crippen LogP contribution in [0.15, 0.2) is 55.1 Å². The lowest BCUT2D eigenvalue weighted by atomic mass is 9.93. The first-order valence-corrected chi connectivity index (χ1v) is 15.0. The highest BCUT2D eigenvalue weighted by atomic mass is 16.3. The Balaban J connectivity index is 1.11. The molecule has 2 atom stereocenters. The van der Waals surface area contributed by atoms with E-state index in [2.05, 4.69) is 63.0 Å². The number of aromatic nitrogens is 6. The third-order valence-corrected chi connectivity index (χ3v) is 9.72. The second-order valence-corrected chi connectivity index (χ2v) is 12.1. The highest BCUT2D eigenvalue weighted by Crippen LogP contribution is 2.37. The Morgan fingerprint density at radius 1 is 0.927 bits per heavy atom. The second-order valence-electron chi connectivity index (χ2n) is 12.1. The number of fused-ring (bicyclic) bond motifs is 4. The molecule has 1 saturated carbocycles. The average Bonchev–Trinajstić information content (AvgIpc) is 3.80. The molecule has 1 N–H and O–H groups in total. The number of hydrogen-bond acceptors (Lipinski definition) is 7. The molecule has 210 valence electrons. The van der Waals surface area contributed by atoms with E-state index < -0.39 is 0 Å². The number of likely N-dealkylation sites (tertiary alicyclic amines) is 1. The molecule has 0 spiro atoms. The maximum Gasteiger partial charge on any atom is 0.154 e. The number of benzene rings is 1. The Morgan fingerprint density at radius 2 is 1.80 bits per heavy atom. The smallest absolute Gasteiger partial charge is 0.154 e. The molecule has 6 heterocycles. The molecule has 0 radical (unpaired) electrons. The highest BCUT2D eigenvalue weighted by Gasteiger charge is 2.42. The van der Waals surface area contributed by atoms with Gasteiger partial charge in [-0.3, -0.25) is 14.6 Å². The lowest BCUT2D eigenvalue weighted by Crippen LogP contribution is -2.46. The van der Waals surface area contributed by atoms with Crippen molar-refractivity contribution in [3.05, 3.63) is 60.8 Å². The van der Waals surface area contributed by atoms with Crippen LogP contribution in [0.5, 0.6) is 0 Å². The van der Waals surface area contributed by atoms with Gasteiger partial charge < -0.3 is 10.0 Å². The molecule has 0 amide bonds. The first kappa shape index (κ1) is 24.9. The van der Waals surface area contributed by atoms with Crippen molar-refractivity contribution in [1.82, 2.24) is 34.3 Å². The number of aliphatic hydroxyl groups is 1. The van der Waals surface area contributed by atoms with Crippen LogP contribution in [-0.2, 0) is 0 Å². The topological polar surface area (TPSA) is 87.6 Å². The molecule has 41 heavy (non-hydrogen) atoms. The molecule has 5 aromatic rings. The maximum atomic E-state index is 9.88. The SMILES string of the molecule is CCN1C[C@@H]2C[C@H]1CN2c1ccc2c(-c3cnc4cc(-c5cnn(C6CCC(O)CC6)c5)c(C)nn34)ccnc2c1. The Labute approximate surface area is 239 Å². The van der Waals surface area contributed by atoms with Gasteiger partial charge >= 0.3 is 0 Å². The monoisotopic (exact) mass is 548 g/mol. The molecule has 8 rings (SSSR count). The van der Waals surface area contributed by atoms with Gasteiger partial charge in [0.25, 0.3) is 0 Å². The number of nitrogens with zero attached hydrogens (tertiary/aromatic N) is 8. The lowest BCUT2D eigenvalue weighted by Gasteiger charge is -2.35. The van der Waals surface area contributed by atoms with Gasteiger partial charge in [-0.2, -0.15) is 10.2 Å². The summed E-state index contributed by atoms with van der Waals surface area (Å²) in [5, 5.41) is 20.7. The van der Waals surface area contributed by atoms with Gasteiger partial charge in [0.1, 0.15) is 0 Å². The quantitative estimate of drug-likeness (QED) is 0.335. The van der Waals surface area contributed by atoms with Crippen LogP contribution >= 0.6 is 0 Å². The minimum Gasteiger partial charge on any atom is -0.393 e. The molecule has 3 aliphatic rings. The van der Waals surface area contributed by atoms with Crippen molar-refractivity contribution >= 4 is 22.2 Å². The number of aryl methyl sites for hydroxylation is 1. The van der Waals surface area contributed by atoms with Gasteiger partial charge in [0.15, 0.2) is 5.65 Å². The van der Waals surface area contributed by atoms with E-state index in [4.69, 9.17) is 15.1 Å². The minimum absolute atomic E-state index is 0.170. The summed E-state index contributed by atoms with van der Waals surface area (Å²) in [7, 11) is 0. The number of rotatable bonds is 5. The molecule has 2 saturated heterocycles. The van der Waals surface area contributed by atoms with Crippen molar-refractivity contribution in [2.24, 2.45) is 0 Å². The van der Waals surface area contributed by atoms with Crippen LogP contribution in [0.4, 0.5) is 5.69 Å².